The summed E-state index contributed by atoms with van der Waals surface area (Å²) >= 11 is 0. The standard InChI is InChI=1S/C12H16N2O/c1-8(13)10-4-5-14-11(6-10)7-12(15)9-2-3-9/h4-6,8-9H,2-3,7,13H2,1H3. The van der Waals surface area contributed by atoms with E-state index in [-0.39, 0.29) is 6.04 Å². The first-order chi connectivity index (χ1) is 7.16. The molecule has 1 aromatic heterocycles. The number of carbonyl (C=O) groups excluding carboxylic acids is 1. The summed E-state index contributed by atoms with van der Waals surface area (Å²) in [6.45, 7) is 1.93. The molecule has 1 unspecified atom stereocenters. The Hall–Kier alpha value is -1.22. The molecular weight excluding hydrogens is 188 g/mol. The Kier molecular flexibility index (Phi) is 2.82. The number of pyridine rings is 1. The molecule has 0 amide bonds. The fourth-order valence-corrected chi connectivity index (χ4v) is 1.60. The van der Waals surface area contributed by atoms with Gasteiger partial charge in [-0.25, -0.2) is 0 Å². The number of hydrogen-bond acceptors (Lipinski definition) is 3. The number of rotatable bonds is 4. The first-order valence-corrected chi connectivity index (χ1v) is 5.40. The zero-order chi connectivity index (χ0) is 10.8. The van der Waals surface area contributed by atoms with E-state index >= 15 is 0 Å². The summed E-state index contributed by atoms with van der Waals surface area (Å²) in [7, 11) is 0. The molecule has 0 aromatic carbocycles. The highest BCUT2D eigenvalue weighted by molar-refractivity contribution is 5.84. The van der Waals surface area contributed by atoms with Gasteiger partial charge in [-0.3, -0.25) is 9.78 Å². The van der Waals surface area contributed by atoms with Crippen molar-refractivity contribution in [2.75, 3.05) is 0 Å². The Labute approximate surface area is 89.7 Å². The minimum Gasteiger partial charge on any atom is -0.324 e. The topological polar surface area (TPSA) is 56.0 Å². The summed E-state index contributed by atoms with van der Waals surface area (Å²) in [6, 6.07) is 3.84. The van der Waals surface area contributed by atoms with E-state index in [1.54, 1.807) is 6.20 Å². The van der Waals surface area contributed by atoms with Crippen LogP contribution in [0.1, 0.15) is 37.1 Å². The lowest BCUT2D eigenvalue weighted by atomic mass is 10.1. The summed E-state index contributed by atoms with van der Waals surface area (Å²) in [6.07, 6.45) is 4.32. The molecule has 1 heterocycles. The Morgan fingerprint density at radius 2 is 2.40 bits per heavy atom. The normalized spacial score (nSPS) is 17.5. The number of nitrogens with two attached hydrogens (primary N) is 1. The van der Waals surface area contributed by atoms with Gasteiger partial charge in [0.1, 0.15) is 5.78 Å². The predicted octanol–water partition coefficient (Wildman–Crippen LogP) is 1.62. The first-order valence-electron chi connectivity index (χ1n) is 5.40. The number of hydrogen-bond donors (Lipinski definition) is 1. The summed E-state index contributed by atoms with van der Waals surface area (Å²) in [4.78, 5) is 15.8. The summed E-state index contributed by atoms with van der Waals surface area (Å²) in [5.41, 5.74) is 7.67. The smallest absolute Gasteiger partial charge is 0.141 e. The molecule has 2 rings (SSSR count). The molecule has 1 aromatic rings. The largest absolute Gasteiger partial charge is 0.324 e. The number of Topliss-reactive ketones (excluding diaryl/α,β-unsaturated/α-hetero) is 1. The number of nitrogens with zero attached hydrogens (tertiary/aromatic N) is 1. The highest BCUT2D eigenvalue weighted by Gasteiger charge is 2.29. The lowest BCUT2D eigenvalue weighted by molar-refractivity contribution is -0.119. The van der Waals surface area contributed by atoms with Crippen LogP contribution in [-0.2, 0) is 11.2 Å². The molecule has 1 fully saturated rings. The van der Waals surface area contributed by atoms with Gasteiger partial charge in [0.2, 0.25) is 0 Å². The Bertz CT molecular complexity index is 370. The zero-order valence-corrected chi connectivity index (χ0v) is 8.94. The van der Waals surface area contributed by atoms with Crippen molar-refractivity contribution in [3.05, 3.63) is 29.6 Å². The Morgan fingerprint density at radius 3 is 3.00 bits per heavy atom. The minimum atomic E-state index is 0.00257. The maximum atomic E-state index is 11.6. The monoisotopic (exact) mass is 204 g/mol. The molecular formula is C12H16N2O. The van der Waals surface area contributed by atoms with E-state index in [0.717, 1.165) is 24.1 Å². The summed E-state index contributed by atoms with van der Waals surface area (Å²) < 4.78 is 0. The molecule has 0 radical (unpaired) electrons. The summed E-state index contributed by atoms with van der Waals surface area (Å²) in [5.74, 6) is 0.634. The fourth-order valence-electron chi connectivity index (χ4n) is 1.60. The van der Waals surface area contributed by atoms with Crippen LogP contribution in [-0.4, -0.2) is 10.8 Å². The lowest BCUT2D eigenvalue weighted by Gasteiger charge is -2.06. The first kappa shape index (κ1) is 10.3. The molecule has 0 bridgehead atoms. The van der Waals surface area contributed by atoms with Crippen LogP contribution in [0.5, 0.6) is 0 Å². The predicted molar refractivity (Wildman–Crippen MR) is 58.3 cm³/mol. The molecule has 0 aliphatic heterocycles. The van der Waals surface area contributed by atoms with Crippen LogP contribution < -0.4 is 5.73 Å². The van der Waals surface area contributed by atoms with Crippen LogP contribution in [0.15, 0.2) is 18.3 Å². The second-order valence-corrected chi connectivity index (χ2v) is 4.29. The Morgan fingerprint density at radius 1 is 1.67 bits per heavy atom. The van der Waals surface area contributed by atoms with Crippen LogP contribution in [0.2, 0.25) is 0 Å². The van der Waals surface area contributed by atoms with Crippen LogP contribution in [0.3, 0.4) is 0 Å². The number of aromatic nitrogens is 1. The second-order valence-electron chi connectivity index (χ2n) is 4.29. The van der Waals surface area contributed by atoms with Crippen molar-refractivity contribution in [2.45, 2.75) is 32.2 Å². The fraction of sp³-hybridized carbons (Fsp3) is 0.500. The Balaban J connectivity index is 2.07. The number of ketones is 1. The quantitative estimate of drug-likeness (QED) is 0.810. The molecule has 0 saturated heterocycles. The van der Waals surface area contributed by atoms with Gasteiger partial charge in [-0.05, 0) is 37.5 Å². The average molecular weight is 204 g/mol. The van der Waals surface area contributed by atoms with Gasteiger partial charge < -0.3 is 5.73 Å². The maximum absolute atomic E-state index is 11.6. The molecule has 2 N–H and O–H groups in total. The van der Waals surface area contributed by atoms with Crippen molar-refractivity contribution < 1.29 is 4.79 Å². The van der Waals surface area contributed by atoms with Crippen molar-refractivity contribution in [1.29, 1.82) is 0 Å². The van der Waals surface area contributed by atoms with Crippen LogP contribution >= 0.6 is 0 Å². The molecule has 15 heavy (non-hydrogen) atoms. The SMILES string of the molecule is CC(N)c1ccnc(CC(=O)C2CC2)c1. The highest BCUT2D eigenvalue weighted by Crippen LogP contribution is 2.30. The minimum absolute atomic E-state index is 0.00257. The van der Waals surface area contributed by atoms with Crippen molar-refractivity contribution >= 4 is 5.78 Å². The van der Waals surface area contributed by atoms with Crippen molar-refractivity contribution in [3.63, 3.8) is 0 Å². The van der Waals surface area contributed by atoms with Crippen LogP contribution in [0.4, 0.5) is 0 Å². The second kappa shape index (κ2) is 4.11. The molecule has 3 heteroatoms. The van der Waals surface area contributed by atoms with E-state index in [2.05, 4.69) is 4.98 Å². The van der Waals surface area contributed by atoms with Crippen molar-refractivity contribution in [1.82, 2.24) is 4.98 Å². The number of carbonyl (C=O) groups is 1. The van der Waals surface area contributed by atoms with E-state index in [0.29, 0.717) is 18.1 Å². The highest BCUT2D eigenvalue weighted by atomic mass is 16.1. The van der Waals surface area contributed by atoms with Gasteiger partial charge in [0, 0.05) is 30.3 Å². The van der Waals surface area contributed by atoms with Gasteiger partial charge in [-0.15, -0.1) is 0 Å². The zero-order valence-electron chi connectivity index (χ0n) is 8.94. The van der Waals surface area contributed by atoms with E-state index < -0.39 is 0 Å². The van der Waals surface area contributed by atoms with E-state index in [9.17, 15) is 4.79 Å². The third-order valence-corrected chi connectivity index (χ3v) is 2.75. The molecule has 0 spiro atoms. The van der Waals surface area contributed by atoms with Crippen molar-refractivity contribution in [3.8, 4) is 0 Å². The van der Waals surface area contributed by atoms with Gasteiger partial charge in [0.15, 0.2) is 0 Å². The van der Waals surface area contributed by atoms with Gasteiger partial charge in [0.05, 0.1) is 0 Å². The lowest BCUT2D eigenvalue weighted by Crippen LogP contribution is -2.09. The van der Waals surface area contributed by atoms with E-state index in [4.69, 9.17) is 5.73 Å². The van der Waals surface area contributed by atoms with Crippen molar-refractivity contribution in [2.24, 2.45) is 11.7 Å². The molecule has 80 valence electrons. The molecule has 1 aliphatic carbocycles. The third kappa shape index (κ3) is 2.63. The van der Waals surface area contributed by atoms with Gasteiger partial charge in [-0.2, -0.15) is 0 Å². The molecule has 3 nitrogen and oxygen atoms in total. The van der Waals surface area contributed by atoms with Gasteiger partial charge >= 0.3 is 0 Å². The van der Waals surface area contributed by atoms with Gasteiger partial charge in [-0.1, -0.05) is 0 Å². The molecule has 1 atom stereocenters. The molecule has 1 aliphatic rings. The average Bonchev–Trinajstić information content (AvgIpc) is 3.01. The third-order valence-electron chi connectivity index (χ3n) is 2.75. The van der Waals surface area contributed by atoms with E-state index in [1.807, 2.05) is 19.1 Å². The molecule has 1 saturated carbocycles. The van der Waals surface area contributed by atoms with Crippen LogP contribution in [0.25, 0.3) is 0 Å². The van der Waals surface area contributed by atoms with Crippen LogP contribution in [0, 0.1) is 5.92 Å². The van der Waals surface area contributed by atoms with Gasteiger partial charge in [0.25, 0.3) is 0 Å². The maximum Gasteiger partial charge on any atom is 0.141 e. The summed E-state index contributed by atoms with van der Waals surface area (Å²) in [5, 5.41) is 0. The van der Waals surface area contributed by atoms with E-state index in [1.165, 1.54) is 0 Å².